The smallest absolute Gasteiger partial charge is 0.309 e. The number of aliphatic hydroxyl groups excluding tert-OH is 1. The van der Waals surface area contributed by atoms with Gasteiger partial charge in [0.2, 0.25) is 0 Å². The van der Waals surface area contributed by atoms with Crippen LogP contribution in [0.3, 0.4) is 0 Å². The molecule has 0 saturated heterocycles. The molecular formula is C10H21NO3. The Kier molecular flexibility index (Phi) is 7.42. The highest BCUT2D eigenvalue weighted by atomic mass is 16.5. The summed E-state index contributed by atoms with van der Waals surface area (Å²) in [6.45, 7) is 6.80. The SMILES string of the molecule is CCOC(=O)C(C)CNC(C)CCO. The monoisotopic (exact) mass is 203 g/mol. The van der Waals surface area contributed by atoms with Crippen LogP contribution in [-0.4, -0.2) is 36.9 Å². The molecule has 2 unspecified atom stereocenters. The number of esters is 1. The molecule has 0 rings (SSSR count). The molecule has 14 heavy (non-hydrogen) atoms. The maximum atomic E-state index is 11.2. The molecule has 0 aromatic carbocycles. The topological polar surface area (TPSA) is 58.6 Å². The minimum absolute atomic E-state index is 0.129. The zero-order chi connectivity index (χ0) is 11.0. The van der Waals surface area contributed by atoms with Crippen molar-refractivity contribution < 1.29 is 14.6 Å². The van der Waals surface area contributed by atoms with Crippen molar-refractivity contribution in [3.63, 3.8) is 0 Å². The summed E-state index contributed by atoms with van der Waals surface area (Å²) in [6, 6.07) is 0.233. The largest absolute Gasteiger partial charge is 0.466 e. The van der Waals surface area contributed by atoms with Gasteiger partial charge in [0.1, 0.15) is 0 Å². The standard InChI is InChI=1S/C10H21NO3/c1-4-14-10(13)8(2)7-11-9(3)5-6-12/h8-9,11-12H,4-7H2,1-3H3. The van der Waals surface area contributed by atoms with Gasteiger partial charge in [-0.2, -0.15) is 0 Å². The van der Waals surface area contributed by atoms with Gasteiger partial charge in [-0.1, -0.05) is 6.92 Å². The van der Waals surface area contributed by atoms with Crippen LogP contribution >= 0.6 is 0 Å². The van der Waals surface area contributed by atoms with E-state index in [-0.39, 0.29) is 24.5 Å². The van der Waals surface area contributed by atoms with E-state index >= 15 is 0 Å². The predicted octanol–water partition coefficient (Wildman–Crippen LogP) is 0.546. The van der Waals surface area contributed by atoms with Gasteiger partial charge in [-0.15, -0.1) is 0 Å². The highest BCUT2D eigenvalue weighted by Crippen LogP contribution is 1.98. The Morgan fingerprint density at radius 1 is 1.50 bits per heavy atom. The summed E-state index contributed by atoms with van der Waals surface area (Å²) in [5, 5.41) is 11.8. The van der Waals surface area contributed by atoms with E-state index in [1.807, 2.05) is 13.8 Å². The van der Waals surface area contributed by atoms with Gasteiger partial charge in [-0.3, -0.25) is 4.79 Å². The van der Waals surface area contributed by atoms with Gasteiger partial charge < -0.3 is 15.2 Å². The Morgan fingerprint density at radius 2 is 2.14 bits per heavy atom. The number of aliphatic hydroxyl groups is 1. The second kappa shape index (κ2) is 7.76. The lowest BCUT2D eigenvalue weighted by atomic mass is 10.1. The Balaban J connectivity index is 3.61. The van der Waals surface area contributed by atoms with E-state index in [1.54, 1.807) is 6.92 Å². The van der Waals surface area contributed by atoms with Crippen LogP contribution in [0.5, 0.6) is 0 Å². The van der Waals surface area contributed by atoms with Crippen LogP contribution < -0.4 is 5.32 Å². The van der Waals surface area contributed by atoms with E-state index in [0.29, 0.717) is 19.6 Å². The number of hydrogen-bond donors (Lipinski definition) is 2. The zero-order valence-electron chi connectivity index (χ0n) is 9.25. The molecule has 0 bridgehead atoms. The van der Waals surface area contributed by atoms with Crippen LogP contribution in [0.25, 0.3) is 0 Å². The predicted molar refractivity (Wildman–Crippen MR) is 55.0 cm³/mol. The fourth-order valence-electron chi connectivity index (χ4n) is 1.04. The molecule has 0 aliphatic heterocycles. The summed E-state index contributed by atoms with van der Waals surface area (Å²) < 4.78 is 4.87. The third-order valence-corrected chi connectivity index (χ3v) is 2.02. The van der Waals surface area contributed by atoms with Crippen molar-refractivity contribution in [2.45, 2.75) is 33.2 Å². The van der Waals surface area contributed by atoms with Crippen molar-refractivity contribution in [1.82, 2.24) is 5.32 Å². The number of rotatable bonds is 7. The first-order valence-electron chi connectivity index (χ1n) is 5.12. The second-order valence-corrected chi connectivity index (χ2v) is 3.47. The molecule has 4 nitrogen and oxygen atoms in total. The van der Waals surface area contributed by atoms with E-state index < -0.39 is 0 Å². The summed E-state index contributed by atoms with van der Waals surface area (Å²) in [4.78, 5) is 11.2. The summed E-state index contributed by atoms with van der Waals surface area (Å²) in [7, 11) is 0. The van der Waals surface area contributed by atoms with E-state index in [0.717, 1.165) is 0 Å². The molecule has 0 aliphatic carbocycles. The van der Waals surface area contributed by atoms with Crippen molar-refractivity contribution in [3.8, 4) is 0 Å². The van der Waals surface area contributed by atoms with E-state index in [2.05, 4.69) is 5.32 Å². The van der Waals surface area contributed by atoms with Crippen molar-refractivity contribution in [1.29, 1.82) is 0 Å². The first kappa shape index (κ1) is 13.4. The molecule has 0 aromatic heterocycles. The molecule has 0 fully saturated rings. The van der Waals surface area contributed by atoms with Crippen molar-refractivity contribution in [3.05, 3.63) is 0 Å². The summed E-state index contributed by atoms with van der Waals surface area (Å²) in [5.74, 6) is -0.299. The summed E-state index contributed by atoms with van der Waals surface area (Å²) >= 11 is 0. The van der Waals surface area contributed by atoms with Crippen LogP contribution in [-0.2, 0) is 9.53 Å². The molecule has 0 saturated carbocycles. The molecule has 4 heteroatoms. The van der Waals surface area contributed by atoms with Gasteiger partial charge in [0.15, 0.2) is 0 Å². The first-order valence-corrected chi connectivity index (χ1v) is 5.12. The number of ether oxygens (including phenoxy) is 1. The molecule has 0 spiro atoms. The average molecular weight is 203 g/mol. The minimum atomic E-state index is -0.170. The minimum Gasteiger partial charge on any atom is -0.466 e. The summed E-state index contributed by atoms with van der Waals surface area (Å²) in [6.07, 6.45) is 0.704. The van der Waals surface area contributed by atoms with E-state index in [1.165, 1.54) is 0 Å². The Labute approximate surface area is 85.6 Å². The van der Waals surface area contributed by atoms with Gasteiger partial charge >= 0.3 is 5.97 Å². The maximum absolute atomic E-state index is 11.2. The number of carbonyl (C=O) groups is 1. The van der Waals surface area contributed by atoms with Crippen LogP contribution in [0.4, 0.5) is 0 Å². The highest BCUT2D eigenvalue weighted by Gasteiger charge is 2.14. The Morgan fingerprint density at radius 3 is 2.64 bits per heavy atom. The van der Waals surface area contributed by atoms with Crippen molar-refractivity contribution >= 4 is 5.97 Å². The lowest BCUT2D eigenvalue weighted by molar-refractivity contribution is -0.147. The lowest BCUT2D eigenvalue weighted by Gasteiger charge is -2.15. The Hall–Kier alpha value is -0.610. The number of carbonyl (C=O) groups excluding carboxylic acids is 1. The van der Waals surface area contributed by atoms with Crippen molar-refractivity contribution in [2.75, 3.05) is 19.8 Å². The maximum Gasteiger partial charge on any atom is 0.309 e. The Bertz CT molecular complexity index is 161. The molecule has 0 aliphatic rings. The molecule has 0 radical (unpaired) electrons. The number of hydrogen-bond acceptors (Lipinski definition) is 4. The third-order valence-electron chi connectivity index (χ3n) is 2.02. The van der Waals surface area contributed by atoms with Gasteiger partial charge in [0.25, 0.3) is 0 Å². The van der Waals surface area contributed by atoms with Gasteiger partial charge in [0.05, 0.1) is 12.5 Å². The molecule has 2 N–H and O–H groups in total. The number of nitrogens with one attached hydrogen (secondary N) is 1. The van der Waals surface area contributed by atoms with Gasteiger partial charge in [-0.25, -0.2) is 0 Å². The van der Waals surface area contributed by atoms with Gasteiger partial charge in [-0.05, 0) is 20.3 Å². The normalized spacial score (nSPS) is 14.9. The first-order chi connectivity index (χ1) is 6.61. The molecule has 0 amide bonds. The van der Waals surface area contributed by atoms with Crippen LogP contribution in [0.1, 0.15) is 27.2 Å². The highest BCUT2D eigenvalue weighted by molar-refractivity contribution is 5.72. The zero-order valence-corrected chi connectivity index (χ0v) is 9.25. The summed E-state index contributed by atoms with van der Waals surface area (Å²) in [5.41, 5.74) is 0. The average Bonchev–Trinajstić information content (AvgIpc) is 2.15. The molecule has 0 aromatic rings. The third kappa shape index (κ3) is 5.94. The molecular weight excluding hydrogens is 182 g/mol. The molecule has 0 heterocycles. The van der Waals surface area contributed by atoms with Crippen molar-refractivity contribution in [2.24, 2.45) is 5.92 Å². The lowest BCUT2D eigenvalue weighted by Crippen LogP contribution is -2.34. The van der Waals surface area contributed by atoms with Gasteiger partial charge in [0, 0.05) is 19.2 Å². The fraction of sp³-hybridized carbons (Fsp3) is 0.900. The van der Waals surface area contributed by atoms with Crippen LogP contribution in [0, 0.1) is 5.92 Å². The second-order valence-electron chi connectivity index (χ2n) is 3.47. The molecule has 84 valence electrons. The van der Waals surface area contributed by atoms with Crippen LogP contribution in [0.2, 0.25) is 0 Å². The fourth-order valence-corrected chi connectivity index (χ4v) is 1.04. The van der Waals surface area contributed by atoms with Crippen LogP contribution in [0.15, 0.2) is 0 Å². The van der Waals surface area contributed by atoms with E-state index in [4.69, 9.17) is 9.84 Å². The van der Waals surface area contributed by atoms with E-state index in [9.17, 15) is 4.79 Å². The quantitative estimate of drug-likeness (QED) is 0.593. The molecule has 2 atom stereocenters.